The number of carbonyl (C=O) groups is 1. The van der Waals surface area contributed by atoms with Crippen LogP contribution < -0.4 is 14.7 Å². The second-order valence-electron chi connectivity index (χ2n) is 6.75. The van der Waals surface area contributed by atoms with Gasteiger partial charge in [0.1, 0.15) is 32.7 Å². The van der Waals surface area contributed by atoms with Crippen LogP contribution in [0.5, 0.6) is 0 Å². The molecular weight excluding hydrogens is 354 g/mol. The minimum atomic E-state index is -0.0112. The van der Waals surface area contributed by atoms with Gasteiger partial charge in [-0.3, -0.25) is 4.79 Å². The van der Waals surface area contributed by atoms with Crippen molar-refractivity contribution in [3.05, 3.63) is 51.7 Å². The quantitative estimate of drug-likeness (QED) is 0.788. The zero-order chi connectivity index (χ0) is 17.8. The Balaban J connectivity index is 1.52. The lowest BCUT2D eigenvalue weighted by Crippen LogP contribution is -3.29. The summed E-state index contributed by atoms with van der Waals surface area (Å²) in [5.74, 6) is 0.190. The Morgan fingerprint density at radius 1 is 1.16 bits per heavy atom. The monoisotopic (exact) mass is 379 g/mol. The first-order chi connectivity index (χ1) is 12.0. The molecule has 0 aliphatic carbocycles. The lowest BCUT2D eigenvalue weighted by Gasteiger charge is -2.33. The Labute approximate surface area is 158 Å². The molecule has 3 rings (SSSR count). The number of likely N-dealkylation sites (N-methyl/N-ethyl adjacent to an activating group) is 1. The van der Waals surface area contributed by atoms with Crippen molar-refractivity contribution in [3.63, 3.8) is 0 Å². The molecule has 4 nitrogen and oxygen atoms in total. The van der Waals surface area contributed by atoms with Crippen LogP contribution in [0.2, 0.25) is 4.34 Å². The predicted molar refractivity (Wildman–Crippen MR) is 104 cm³/mol. The first kappa shape index (κ1) is 18.4. The number of piperazine rings is 1. The highest BCUT2D eigenvalue weighted by atomic mass is 35.5. The van der Waals surface area contributed by atoms with Crippen molar-refractivity contribution in [1.29, 1.82) is 0 Å². The van der Waals surface area contributed by atoms with Gasteiger partial charge >= 0.3 is 0 Å². The summed E-state index contributed by atoms with van der Waals surface area (Å²) >= 11 is 7.69. The van der Waals surface area contributed by atoms with Crippen LogP contribution in [0.4, 0.5) is 5.69 Å². The number of rotatable bonds is 5. The molecule has 0 unspecified atom stereocenters. The molecule has 2 aromatic rings. The van der Waals surface area contributed by atoms with E-state index >= 15 is 0 Å². The number of carbonyl (C=O) groups excluding carboxylic acids is 1. The third-order valence-electron chi connectivity index (χ3n) is 5.11. The Morgan fingerprint density at radius 3 is 2.44 bits per heavy atom. The van der Waals surface area contributed by atoms with Gasteiger partial charge in [0.2, 0.25) is 0 Å². The molecule has 0 radical (unpaired) electrons. The maximum Gasteiger partial charge on any atom is 0.284 e. The zero-order valence-corrected chi connectivity index (χ0v) is 16.4. The van der Waals surface area contributed by atoms with Gasteiger partial charge in [-0.05, 0) is 31.2 Å². The minimum absolute atomic E-state index is 0.0112. The number of anilines is 1. The van der Waals surface area contributed by atoms with E-state index in [2.05, 4.69) is 13.0 Å². The first-order valence-electron chi connectivity index (χ1n) is 8.79. The summed E-state index contributed by atoms with van der Waals surface area (Å²) in [5.41, 5.74) is 0.956. The Morgan fingerprint density at radius 2 is 1.84 bits per heavy atom. The molecule has 1 atom stereocenters. The van der Waals surface area contributed by atoms with Gasteiger partial charge in [0.15, 0.2) is 6.04 Å². The molecule has 1 aromatic carbocycles. The summed E-state index contributed by atoms with van der Waals surface area (Å²) in [6.07, 6.45) is 0. The summed E-state index contributed by atoms with van der Waals surface area (Å²) < 4.78 is 0.863. The molecule has 0 spiro atoms. The summed E-state index contributed by atoms with van der Waals surface area (Å²) in [7, 11) is 1.87. The summed E-state index contributed by atoms with van der Waals surface area (Å²) in [6.45, 7) is 7.35. The van der Waals surface area contributed by atoms with Gasteiger partial charge in [-0.15, -0.1) is 11.3 Å². The maximum atomic E-state index is 12.8. The number of quaternary nitrogens is 2. The average Bonchev–Trinajstić information content (AvgIpc) is 3.06. The fourth-order valence-corrected chi connectivity index (χ4v) is 4.63. The zero-order valence-electron chi connectivity index (χ0n) is 14.8. The lowest BCUT2D eigenvalue weighted by atomic mass is 10.2. The van der Waals surface area contributed by atoms with Gasteiger partial charge in [-0.25, -0.2) is 0 Å². The second kappa shape index (κ2) is 8.32. The van der Waals surface area contributed by atoms with E-state index in [0.717, 1.165) is 42.7 Å². The summed E-state index contributed by atoms with van der Waals surface area (Å²) in [4.78, 5) is 18.9. The van der Waals surface area contributed by atoms with E-state index in [4.69, 9.17) is 11.6 Å². The van der Waals surface area contributed by atoms with Crippen molar-refractivity contribution in [1.82, 2.24) is 0 Å². The standard InChI is InChI=1S/C19H24ClN3OS/c1-15(19(24)21(2)16-6-4-3-5-7-16)23-12-10-22(11-13-23)14-17-8-9-18(20)25-17/h3-9,15H,10-14H2,1-2H3/p+2/t15-/m0/s1. The highest BCUT2D eigenvalue weighted by Crippen LogP contribution is 2.20. The van der Waals surface area contributed by atoms with Gasteiger partial charge in [0.05, 0.1) is 9.21 Å². The normalized spacial score (nSPS) is 21.7. The van der Waals surface area contributed by atoms with E-state index in [-0.39, 0.29) is 11.9 Å². The average molecular weight is 380 g/mol. The number of benzene rings is 1. The SMILES string of the molecule is C[C@@H](C(=O)N(C)c1ccccc1)[NH+]1CC[NH+](Cc2ccc(Cl)s2)CC1. The minimum Gasteiger partial charge on any atom is -0.321 e. The largest absolute Gasteiger partial charge is 0.321 e. The second-order valence-corrected chi connectivity index (χ2v) is 8.54. The lowest BCUT2D eigenvalue weighted by molar-refractivity contribution is -1.02. The van der Waals surface area contributed by atoms with Crippen LogP contribution in [0, 0.1) is 0 Å². The van der Waals surface area contributed by atoms with Crippen molar-refractivity contribution < 1.29 is 14.6 Å². The molecular formula is C19H26ClN3OS+2. The molecule has 1 aromatic heterocycles. The molecule has 0 bridgehead atoms. The number of nitrogens with one attached hydrogen (secondary N) is 2. The number of amides is 1. The van der Waals surface area contributed by atoms with Crippen molar-refractivity contribution >= 4 is 34.5 Å². The van der Waals surface area contributed by atoms with E-state index < -0.39 is 0 Å². The number of hydrogen-bond acceptors (Lipinski definition) is 2. The van der Waals surface area contributed by atoms with E-state index in [1.165, 1.54) is 9.78 Å². The molecule has 1 aliphatic heterocycles. The molecule has 134 valence electrons. The van der Waals surface area contributed by atoms with Crippen LogP contribution in [0.25, 0.3) is 0 Å². The highest BCUT2D eigenvalue weighted by Gasteiger charge is 2.33. The van der Waals surface area contributed by atoms with Crippen molar-refractivity contribution in [2.45, 2.75) is 19.5 Å². The maximum absolute atomic E-state index is 12.8. The molecule has 0 saturated carbocycles. The fourth-order valence-electron chi connectivity index (χ4n) is 3.47. The molecule has 2 heterocycles. The van der Waals surface area contributed by atoms with Crippen LogP contribution in [0.1, 0.15) is 11.8 Å². The van der Waals surface area contributed by atoms with E-state index in [1.54, 1.807) is 21.1 Å². The number of hydrogen-bond donors (Lipinski definition) is 2. The molecule has 1 fully saturated rings. The van der Waals surface area contributed by atoms with E-state index in [9.17, 15) is 4.79 Å². The van der Waals surface area contributed by atoms with Gasteiger partial charge in [0.25, 0.3) is 5.91 Å². The van der Waals surface area contributed by atoms with Crippen molar-refractivity contribution in [2.24, 2.45) is 0 Å². The van der Waals surface area contributed by atoms with Gasteiger partial charge in [0, 0.05) is 12.7 Å². The fraction of sp³-hybridized carbons (Fsp3) is 0.421. The van der Waals surface area contributed by atoms with Gasteiger partial charge < -0.3 is 14.7 Å². The number of nitrogens with zero attached hydrogens (tertiary/aromatic N) is 1. The number of para-hydroxylation sites is 1. The smallest absolute Gasteiger partial charge is 0.284 e. The molecule has 1 aliphatic rings. The molecule has 6 heteroatoms. The molecule has 1 saturated heterocycles. The molecule has 1 amide bonds. The topological polar surface area (TPSA) is 29.2 Å². The van der Waals surface area contributed by atoms with Crippen LogP contribution in [0.3, 0.4) is 0 Å². The summed E-state index contributed by atoms with van der Waals surface area (Å²) in [5, 5.41) is 0. The van der Waals surface area contributed by atoms with Crippen LogP contribution in [-0.2, 0) is 11.3 Å². The predicted octanol–water partition coefficient (Wildman–Crippen LogP) is 0.736. The number of halogens is 1. The first-order valence-corrected chi connectivity index (χ1v) is 9.99. The van der Waals surface area contributed by atoms with Crippen LogP contribution in [-0.4, -0.2) is 45.2 Å². The molecule has 2 N–H and O–H groups in total. The third-order valence-corrected chi connectivity index (χ3v) is 6.34. The van der Waals surface area contributed by atoms with Crippen LogP contribution in [0.15, 0.2) is 42.5 Å². The van der Waals surface area contributed by atoms with Gasteiger partial charge in [-0.2, -0.15) is 0 Å². The van der Waals surface area contributed by atoms with Crippen LogP contribution >= 0.6 is 22.9 Å². The van der Waals surface area contributed by atoms with E-state index in [1.807, 2.05) is 43.4 Å². The van der Waals surface area contributed by atoms with Gasteiger partial charge in [-0.1, -0.05) is 29.8 Å². The Bertz CT molecular complexity index is 698. The third kappa shape index (κ3) is 4.61. The Kier molecular flexibility index (Phi) is 6.12. The van der Waals surface area contributed by atoms with Crippen molar-refractivity contribution in [2.75, 3.05) is 38.1 Å². The summed E-state index contributed by atoms with van der Waals surface area (Å²) in [6, 6.07) is 14.0. The van der Waals surface area contributed by atoms with Crippen molar-refractivity contribution in [3.8, 4) is 0 Å². The molecule has 25 heavy (non-hydrogen) atoms. The highest BCUT2D eigenvalue weighted by molar-refractivity contribution is 7.16. The Hall–Kier alpha value is -1.40. The van der Waals surface area contributed by atoms with E-state index in [0.29, 0.717) is 0 Å². The number of thiophene rings is 1.